The second kappa shape index (κ2) is 5.43. The van der Waals surface area contributed by atoms with Gasteiger partial charge in [-0.1, -0.05) is 23.2 Å². The molecule has 0 bridgehead atoms. The van der Waals surface area contributed by atoms with E-state index in [2.05, 4.69) is 17.3 Å². The molecule has 0 amide bonds. The fourth-order valence-corrected chi connectivity index (χ4v) is 1.98. The van der Waals surface area contributed by atoms with Crippen molar-refractivity contribution < 1.29 is 0 Å². The van der Waals surface area contributed by atoms with Gasteiger partial charge in [-0.15, -0.1) is 0 Å². The number of hydrogen-bond acceptors (Lipinski definition) is 2. The van der Waals surface area contributed by atoms with Crippen LogP contribution in [0, 0.1) is 0 Å². The van der Waals surface area contributed by atoms with Crippen molar-refractivity contribution in [2.45, 2.75) is 20.0 Å². The molecule has 0 spiro atoms. The van der Waals surface area contributed by atoms with Gasteiger partial charge in [0, 0.05) is 29.9 Å². The van der Waals surface area contributed by atoms with Gasteiger partial charge in [0.05, 0.1) is 16.9 Å². The van der Waals surface area contributed by atoms with Crippen LogP contribution < -0.4 is 5.32 Å². The van der Waals surface area contributed by atoms with Crippen molar-refractivity contribution in [3.8, 4) is 0 Å². The number of halogens is 2. The largest absolute Gasteiger partial charge is 0.380 e. The van der Waals surface area contributed by atoms with Gasteiger partial charge in [0.2, 0.25) is 0 Å². The van der Waals surface area contributed by atoms with Gasteiger partial charge in [-0.25, -0.2) is 0 Å². The van der Waals surface area contributed by atoms with Crippen molar-refractivity contribution >= 4 is 28.9 Å². The van der Waals surface area contributed by atoms with Crippen LogP contribution in [0.4, 0.5) is 5.69 Å². The lowest BCUT2D eigenvalue weighted by Gasteiger charge is -2.07. The van der Waals surface area contributed by atoms with E-state index in [1.165, 1.54) is 0 Å². The maximum atomic E-state index is 6.06. The smallest absolute Gasteiger partial charge is 0.0652 e. The second-order valence-corrected chi connectivity index (χ2v) is 4.53. The normalized spacial score (nSPS) is 10.5. The lowest BCUT2D eigenvalue weighted by atomic mass is 10.3. The molecule has 0 aliphatic rings. The van der Waals surface area contributed by atoms with E-state index >= 15 is 0 Å². The molecule has 1 aromatic heterocycles. The number of aromatic nitrogens is 2. The van der Waals surface area contributed by atoms with Crippen LogP contribution >= 0.6 is 23.2 Å². The highest BCUT2D eigenvalue weighted by Gasteiger charge is 2.02. The summed E-state index contributed by atoms with van der Waals surface area (Å²) < 4.78 is 1.89. The zero-order valence-corrected chi connectivity index (χ0v) is 11.0. The molecule has 0 unspecified atom stereocenters. The summed E-state index contributed by atoms with van der Waals surface area (Å²) >= 11 is 11.9. The minimum Gasteiger partial charge on any atom is -0.380 e. The molecule has 0 saturated heterocycles. The van der Waals surface area contributed by atoms with Crippen LogP contribution in [0.1, 0.15) is 12.5 Å². The standard InChI is InChI=1S/C12H13Cl2N3/c1-2-17-8-9(7-16-17)6-15-12-4-3-10(13)5-11(12)14/h3-5,7-8,15H,2,6H2,1H3. The number of rotatable bonds is 4. The molecule has 2 aromatic rings. The summed E-state index contributed by atoms with van der Waals surface area (Å²) in [7, 11) is 0. The van der Waals surface area contributed by atoms with Crippen LogP contribution in [0.15, 0.2) is 30.6 Å². The second-order valence-electron chi connectivity index (χ2n) is 3.68. The summed E-state index contributed by atoms with van der Waals surface area (Å²) in [4.78, 5) is 0. The summed E-state index contributed by atoms with van der Waals surface area (Å²) in [6, 6.07) is 5.40. The zero-order chi connectivity index (χ0) is 12.3. The molecule has 2 rings (SSSR count). The van der Waals surface area contributed by atoms with Crippen molar-refractivity contribution in [1.82, 2.24) is 9.78 Å². The predicted molar refractivity (Wildman–Crippen MR) is 71.7 cm³/mol. The highest BCUT2D eigenvalue weighted by molar-refractivity contribution is 6.36. The molecule has 17 heavy (non-hydrogen) atoms. The Balaban J connectivity index is 2.02. The Morgan fingerprint density at radius 2 is 2.18 bits per heavy atom. The fraction of sp³-hybridized carbons (Fsp3) is 0.250. The van der Waals surface area contributed by atoms with Crippen LogP contribution in [0.25, 0.3) is 0 Å². The molecule has 0 aliphatic heterocycles. The van der Waals surface area contributed by atoms with E-state index in [-0.39, 0.29) is 0 Å². The lowest BCUT2D eigenvalue weighted by Crippen LogP contribution is -1.99. The van der Waals surface area contributed by atoms with Gasteiger partial charge in [-0.05, 0) is 25.1 Å². The van der Waals surface area contributed by atoms with Gasteiger partial charge < -0.3 is 5.32 Å². The predicted octanol–water partition coefficient (Wildman–Crippen LogP) is 3.82. The van der Waals surface area contributed by atoms with Crippen LogP contribution in [0.5, 0.6) is 0 Å². The Labute approximate surface area is 110 Å². The molecule has 1 heterocycles. The summed E-state index contributed by atoms with van der Waals surface area (Å²) in [5.41, 5.74) is 2.00. The van der Waals surface area contributed by atoms with Crippen LogP contribution in [-0.2, 0) is 13.1 Å². The molecular formula is C12H13Cl2N3. The third-order valence-corrected chi connectivity index (χ3v) is 2.97. The van der Waals surface area contributed by atoms with Gasteiger partial charge in [-0.2, -0.15) is 5.10 Å². The van der Waals surface area contributed by atoms with E-state index in [4.69, 9.17) is 23.2 Å². The molecule has 0 fully saturated rings. The van der Waals surface area contributed by atoms with Crippen molar-refractivity contribution in [3.63, 3.8) is 0 Å². The number of anilines is 1. The zero-order valence-electron chi connectivity index (χ0n) is 9.45. The minimum absolute atomic E-state index is 0.625. The van der Waals surface area contributed by atoms with E-state index in [9.17, 15) is 0 Å². The molecule has 90 valence electrons. The van der Waals surface area contributed by atoms with E-state index < -0.39 is 0 Å². The molecule has 0 saturated carbocycles. The highest BCUT2D eigenvalue weighted by atomic mass is 35.5. The number of aryl methyl sites for hydroxylation is 1. The maximum Gasteiger partial charge on any atom is 0.0652 e. The van der Waals surface area contributed by atoms with Gasteiger partial charge in [0.15, 0.2) is 0 Å². The average molecular weight is 270 g/mol. The quantitative estimate of drug-likeness (QED) is 0.915. The first-order valence-corrected chi connectivity index (χ1v) is 6.15. The Morgan fingerprint density at radius 3 is 2.82 bits per heavy atom. The Hall–Kier alpha value is -1.19. The topological polar surface area (TPSA) is 29.9 Å². The molecule has 1 aromatic carbocycles. The first-order valence-electron chi connectivity index (χ1n) is 5.39. The molecule has 1 N–H and O–H groups in total. The number of hydrogen-bond donors (Lipinski definition) is 1. The third-order valence-electron chi connectivity index (χ3n) is 2.42. The van der Waals surface area contributed by atoms with Gasteiger partial charge in [0.1, 0.15) is 0 Å². The summed E-state index contributed by atoms with van der Waals surface area (Å²) in [6.45, 7) is 3.63. The van der Waals surface area contributed by atoms with E-state index in [0.29, 0.717) is 16.6 Å². The summed E-state index contributed by atoms with van der Waals surface area (Å²) in [5.74, 6) is 0. The maximum absolute atomic E-state index is 6.06. The molecule has 3 nitrogen and oxygen atoms in total. The van der Waals surface area contributed by atoms with Crippen LogP contribution in [0.2, 0.25) is 10.0 Å². The van der Waals surface area contributed by atoms with Crippen LogP contribution in [-0.4, -0.2) is 9.78 Å². The molecule has 0 aliphatic carbocycles. The van der Waals surface area contributed by atoms with Crippen molar-refractivity contribution in [3.05, 3.63) is 46.2 Å². The molecule has 5 heteroatoms. The van der Waals surface area contributed by atoms with Gasteiger partial charge >= 0.3 is 0 Å². The molecular weight excluding hydrogens is 257 g/mol. The molecule has 0 radical (unpaired) electrons. The Kier molecular flexibility index (Phi) is 3.92. The van der Waals surface area contributed by atoms with Crippen molar-refractivity contribution in [2.24, 2.45) is 0 Å². The van der Waals surface area contributed by atoms with Crippen molar-refractivity contribution in [1.29, 1.82) is 0 Å². The van der Waals surface area contributed by atoms with Crippen LogP contribution in [0.3, 0.4) is 0 Å². The first-order chi connectivity index (χ1) is 8.19. The molecule has 0 atom stereocenters. The summed E-state index contributed by atoms with van der Waals surface area (Å²) in [5, 5.41) is 8.72. The number of benzene rings is 1. The highest BCUT2D eigenvalue weighted by Crippen LogP contribution is 2.25. The SMILES string of the molecule is CCn1cc(CNc2ccc(Cl)cc2Cl)cn1. The number of nitrogens with one attached hydrogen (secondary N) is 1. The van der Waals surface area contributed by atoms with Crippen molar-refractivity contribution in [2.75, 3.05) is 5.32 Å². The number of nitrogens with zero attached hydrogens (tertiary/aromatic N) is 2. The minimum atomic E-state index is 0.625. The monoisotopic (exact) mass is 269 g/mol. The Bertz CT molecular complexity index is 508. The first kappa shape index (κ1) is 12.3. The summed E-state index contributed by atoms with van der Waals surface area (Å²) in [6.07, 6.45) is 3.86. The lowest BCUT2D eigenvalue weighted by molar-refractivity contribution is 0.659. The Morgan fingerprint density at radius 1 is 1.35 bits per heavy atom. The fourth-order valence-electron chi connectivity index (χ4n) is 1.50. The third kappa shape index (κ3) is 3.14. The van der Waals surface area contributed by atoms with E-state index in [0.717, 1.165) is 17.8 Å². The van der Waals surface area contributed by atoms with Gasteiger partial charge in [-0.3, -0.25) is 4.68 Å². The van der Waals surface area contributed by atoms with E-state index in [1.54, 1.807) is 6.07 Å². The van der Waals surface area contributed by atoms with E-state index in [1.807, 2.05) is 29.2 Å². The average Bonchev–Trinajstić information content (AvgIpc) is 2.76. The van der Waals surface area contributed by atoms with Gasteiger partial charge in [0.25, 0.3) is 0 Å².